The summed E-state index contributed by atoms with van der Waals surface area (Å²) in [4.78, 5) is 20.4. The Morgan fingerprint density at radius 1 is 1.32 bits per heavy atom. The van der Waals surface area contributed by atoms with Gasteiger partial charge >= 0.3 is 5.97 Å². The monoisotopic (exact) mass is 377 g/mol. The molecule has 0 aliphatic carbocycles. The van der Waals surface area contributed by atoms with Crippen LogP contribution in [0.3, 0.4) is 0 Å². The third-order valence-corrected chi connectivity index (χ3v) is 4.02. The quantitative estimate of drug-likeness (QED) is 0.502. The summed E-state index contributed by atoms with van der Waals surface area (Å²) in [5.41, 5.74) is 3.81. The third-order valence-electron chi connectivity index (χ3n) is 4.02. The summed E-state index contributed by atoms with van der Waals surface area (Å²) in [5, 5.41) is 7.56. The Morgan fingerprint density at radius 3 is 2.93 bits per heavy atom. The van der Waals surface area contributed by atoms with Crippen LogP contribution in [-0.4, -0.2) is 32.3 Å². The van der Waals surface area contributed by atoms with Gasteiger partial charge in [-0.15, -0.1) is 0 Å². The normalized spacial score (nSPS) is 11.0. The molecule has 0 spiro atoms. The molecule has 3 aromatic rings. The standard InChI is InChI=1S/C21H23N5O2/c1-4-28-20(27)9-8-16-6-5-7-18(10-16)19-13-22-15(2)25-21(19)23-11-17-12-24-26(3)14-17/h5-10,12-14H,4,11H2,1-3H3,(H,22,23,25)/b9-8+. The highest BCUT2D eigenvalue weighted by Crippen LogP contribution is 2.27. The maximum absolute atomic E-state index is 11.5. The minimum absolute atomic E-state index is 0.356. The van der Waals surface area contributed by atoms with E-state index < -0.39 is 0 Å². The summed E-state index contributed by atoms with van der Waals surface area (Å²) in [6.07, 6.45) is 8.75. The van der Waals surface area contributed by atoms with Gasteiger partial charge in [0.2, 0.25) is 0 Å². The molecular formula is C21H23N5O2. The van der Waals surface area contributed by atoms with E-state index in [0.717, 1.165) is 28.1 Å². The molecule has 1 aromatic carbocycles. The number of rotatable bonds is 7. The Balaban J connectivity index is 1.84. The molecule has 7 nitrogen and oxygen atoms in total. The topological polar surface area (TPSA) is 81.9 Å². The Bertz CT molecular complexity index is 994. The van der Waals surface area contributed by atoms with Crippen molar-refractivity contribution in [2.75, 3.05) is 11.9 Å². The molecule has 3 rings (SSSR count). The van der Waals surface area contributed by atoms with Crippen LogP contribution < -0.4 is 5.32 Å². The highest BCUT2D eigenvalue weighted by atomic mass is 16.5. The zero-order valence-corrected chi connectivity index (χ0v) is 16.2. The molecule has 7 heteroatoms. The number of esters is 1. The largest absolute Gasteiger partial charge is 0.463 e. The van der Waals surface area contributed by atoms with E-state index in [2.05, 4.69) is 20.4 Å². The summed E-state index contributed by atoms with van der Waals surface area (Å²) in [7, 11) is 1.89. The molecule has 0 atom stereocenters. The first kappa shape index (κ1) is 19.3. The molecule has 0 amide bonds. The van der Waals surface area contributed by atoms with Crippen LogP contribution in [-0.2, 0) is 23.1 Å². The van der Waals surface area contributed by atoms with Gasteiger partial charge in [0.1, 0.15) is 11.6 Å². The molecule has 144 valence electrons. The lowest BCUT2D eigenvalue weighted by atomic mass is 10.0. The molecule has 0 aliphatic rings. The SMILES string of the molecule is CCOC(=O)/C=C/c1cccc(-c2cnc(C)nc2NCc2cnn(C)c2)c1. The van der Waals surface area contributed by atoms with Crippen molar-refractivity contribution in [1.29, 1.82) is 0 Å². The van der Waals surface area contributed by atoms with Gasteiger partial charge in [0.15, 0.2) is 0 Å². The van der Waals surface area contributed by atoms with Crippen LogP contribution in [0.5, 0.6) is 0 Å². The number of carbonyl (C=O) groups excluding carboxylic acids is 1. The number of ether oxygens (including phenoxy) is 1. The van der Waals surface area contributed by atoms with Gasteiger partial charge in [-0.05, 0) is 37.1 Å². The zero-order chi connectivity index (χ0) is 19.9. The van der Waals surface area contributed by atoms with E-state index in [1.807, 2.05) is 56.8 Å². The van der Waals surface area contributed by atoms with Crippen molar-refractivity contribution >= 4 is 17.9 Å². The first-order chi connectivity index (χ1) is 13.5. The summed E-state index contributed by atoms with van der Waals surface area (Å²) >= 11 is 0. The highest BCUT2D eigenvalue weighted by molar-refractivity contribution is 5.87. The van der Waals surface area contributed by atoms with Gasteiger partial charge < -0.3 is 10.1 Å². The van der Waals surface area contributed by atoms with E-state index in [4.69, 9.17) is 4.74 Å². The summed E-state index contributed by atoms with van der Waals surface area (Å²) in [6.45, 7) is 4.61. The number of nitrogens with zero attached hydrogens (tertiary/aromatic N) is 4. The predicted molar refractivity (Wildman–Crippen MR) is 108 cm³/mol. The molecule has 0 radical (unpaired) electrons. The van der Waals surface area contributed by atoms with E-state index in [1.165, 1.54) is 6.08 Å². The van der Waals surface area contributed by atoms with Gasteiger partial charge in [-0.1, -0.05) is 18.2 Å². The second-order valence-electron chi connectivity index (χ2n) is 6.27. The van der Waals surface area contributed by atoms with E-state index in [0.29, 0.717) is 19.0 Å². The van der Waals surface area contributed by atoms with Crippen molar-refractivity contribution in [3.63, 3.8) is 0 Å². The lowest BCUT2D eigenvalue weighted by Gasteiger charge is -2.11. The van der Waals surface area contributed by atoms with Gasteiger partial charge in [0, 0.05) is 43.2 Å². The third kappa shape index (κ3) is 5.03. The fraction of sp³-hybridized carbons (Fsp3) is 0.238. The molecule has 0 fully saturated rings. The second kappa shape index (κ2) is 8.94. The van der Waals surface area contributed by atoms with Gasteiger partial charge in [0.25, 0.3) is 0 Å². The fourth-order valence-corrected chi connectivity index (χ4v) is 2.73. The molecule has 1 N–H and O–H groups in total. The van der Waals surface area contributed by atoms with Crippen LogP contribution in [0.1, 0.15) is 23.9 Å². The first-order valence-corrected chi connectivity index (χ1v) is 9.05. The molecule has 0 bridgehead atoms. The summed E-state index contributed by atoms with van der Waals surface area (Å²) < 4.78 is 6.69. The van der Waals surface area contributed by atoms with Crippen LogP contribution in [0.15, 0.2) is 48.9 Å². The minimum Gasteiger partial charge on any atom is -0.463 e. The lowest BCUT2D eigenvalue weighted by molar-refractivity contribution is -0.137. The number of aryl methyl sites for hydroxylation is 2. The molecule has 0 saturated heterocycles. The number of hydrogen-bond donors (Lipinski definition) is 1. The predicted octanol–water partition coefficient (Wildman–Crippen LogP) is 3.37. The van der Waals surface area contributed by atoms with Crippen LogP contribution in [0.4, 0.5) is 5.82 Å². The molecule has 0 unspecified atom stereocenters. The molecular weight excluding hydrogens is 354 g/mol. The van der Waals surface area contributed by atoms with Crippen molar-refractivity contribution in [1.82, 2.24) is 19.7 Å². The van der Waals surface area contributed by atoms with Crippen molar-refractivity contribution in [3.05, 3.63) is 65.9 Å². The lowest BCUT2D eigenvalue weighted by Crippen LogP contribution is -2.04. The number of hydrogen-bond acceptors (Lipinski definition) is 6. The van der Waals surface area contributed by atoms with E-state index in [9.17, 15) is 4.79 Å². The number of benzene rings is 1. The van der Waals surface area contributed by atoms with Gasteiger partial charge in [-0.25, -0.2) is 14.8 Å². The summed E-state index contributed by atoms with van der Waals surface area (Å²) in [5.74, 6) is 1.09. The smallest absolute Gasteiger partial charge is 0.330 e. The Hall–Kier alpha value is -3.48. The second-order valence-corrected chi connectivity index (χ2v) is 6.27. The average molecular weight is 377 g/mol. The van der Waals surface area contributed by atoms with E-state index in [-0.39, 0.29) is 5.97 Å². The number of aromatic nitrogens is 4. The molecule has 2 heterocycles. The number of anilines is 1. The van der Waals surface area contributed by atoms with Gasteiger partial charge in [-0.2, -0.15) is 5.10 Å². The summed E-state index contributed by atoms with van der Waals surface area (Å²) in [6, 6.07) is 7.84. The Kier molecular flexibility index (Phi) is 6.16. The van der Waals surface area contributed by atoms with Crippen molar-refractivity contribution in [2.45, 2.75) is 20.4 Å². The van der Waals surface area contributed by atoms with E-state index in [1.54, 1.807) is 17.7 Å². The van der Waals surface area contributed by atoms with Gasteiger partial charge in [0.05, 0.1) is 12.8 Å². The average Bonchev–Trinajstić information content (AvgIpc) is 3.10. The first-order valence-electron chi connectivity index (χ1n) is 9.05. The highest BCUT2D eigenvalue weighted by Gasteiger charge is 2.09. The fourth-order valence-electron chi connectivity index (χ4n) is 2.73. The Morgan fingerprint density at radius 2 is 2.18 bits per heavy atom. The maximum atomic E-state index is 11.5. The molecule has 2 aromatic heterocycles. The maximum Gasteiger partial charge on any atom is 0.330 e. The van der Waals surface area contributed by atoms with Crippen LogP contribution in [0, 0.1) is 6.92 Å². The zero-order valence-electron chi connectivity index (χ0n) is 16.2. The van der Waals surface area contributed by atoms with E-state index >= 15 is 0 Å². The van der Waals surface area contributed by atoms with Gasteiger partial charge in [-0.3, -0.25) is 4.68 Å². The van der Waals surface area contributed by atoms with Crippen LogP contribution >= 0.6 is 0 Å². The number of nitrogens with one attached hydrogen (secondary N) is 1. The molecule has 0 saturated carbocycles. The van der Waals surface area contributed by atoms with Crippen molar-refractivity contribution in [2.24, 2.45) is 7.05 Å². The van der Waals surface area contributed by atoms with Crippen molar-refractivity contribution in [3.8, 4) is 11.1 Å². The molecule has 0 aliphatic heterocycles. The van der Waals surface area contributed by atoms with Crippen LogP contribution in [0.2, 0.25) is 0 Å². The number of carbonyl (C=O) groups is 1. The minimum atomic E-state index is -0.356. The van der Waals surface area contributed by atoms with Crippen molar-refractivity contribution < 1.29 is 9.53 Å². The van der Waals surface area contributed by atoms with Crippen LogP contribution in [0.25, 0.3) is 17.2 Å². The molecule has 28 heavy (non-hydrogen) atoms. The Labute approximate surface area is 164 Å².